The molecule has 2 aromatic rings. The third kappa shape index (κ3) is 1.56. The van der Waals surface area contributed by atoms with Gasteiger partial charge in [0, 0.05) is 5.39 Å². The zero-order chi connectivity index (χ0) is 13.6. The van der Waals surface area contributed by atoms with Crippen LogP contribution in [0.4, 0.5) is 0 Å². The van der Waals surface area contributed by atoms with Gasteiger partial charge in [-0.15, -0.1) is 0 Å². The fraction of sp³-hybridized carbons (Fsp3) is 0.357. The Kier molecular flexibility index (Phi) is 2.71. The smallest absolute Gasteiger partial charge is 0.314 e. The molecule has 3 rings (SSSR count). The summed E-state index contributed by atoms with van der Waals surface area (Å²) in [6, 6.07) is 3.43. The van der Waals surface area contributed by atoms with E-state index in [4.69, 9.17) is 20.8 Å². The molecule has 0 atom stereocenters. The van der Waals surface area contributed by atoms with Crippen molar-refractivity contribution < 1.29 is 19.1 Å². The van der Waals surface area contributed by atoms with Crippen molar-refractivity contribution in [1.29, 1.82) is 0 Å². The van der Waals surface area contributed by atoms with Gasteiger partial charge in [-0.3, -0.25) is 4.79 Å². The van der Waals surface area contributed by atoms with E-state index in [9.17, 15) is 9.90 Å². The summed E-state index contributed by atoms with van der Waals surface area (Å²) in [6.45, 7) is 0. The molecule has 0 bridgehead atoms. The number of hydrogen-bond acceptors (Lipinski definition) is 3. The van der Waals surface area contributed by atoms with Crippen molar-refractivity contribution >= 4 is 28.5 Å². The summed E-state index contributed by atoms with van der Waals surface area (Å²) in [6.07, 6.45) is 3.63. The van der Waals surface area contributed by atoms with Crippen LogP contribution in [0.2, 0.25) is 5.02 Å². The van der Waals surface area contributed by atoms with Crippen LogP contribution in [0.3, 0.4) is 0 Å². The summed E-state index contributed by atoms with van der Waals surface area (Å²) in [5.41, 5.74) is 0.297. The van der Waals surface area contributed by atoms with Crippen LogP contribution in [0, 0.1) is 0 Å². The van der Waals surface area contributed by atoms with Crippen molar-refractivity contribution in [2.75, 3.05) is 7.11 Å². The first kappa shape index (κ1) is 12.4. The molecule has 0 saturated heterocycles. The highest BCUT2D eigenvalue weighted by Crippen LogP contribution is 2.50. The van der Waals surface area contributed by atoms with E-state index in [1.54, 1.807) is 12.1 Å². The number of benzene rings is 1. The summed E-state index contributed by atoms with van der Waals surface area (Å²) in [5.74, 6) is -0.308. The number of fused-ring (bicyclic) bond motifs is 1. The topological polar surface area (TPSA) is 59.7 Å². The fourth-order valence-electron chi connectivity index (χ4n) is 2.71. The zero-order valence-electron chi connectivity index (χ0n) is 10.4. The van der Waals surface area contributed by atoms with Crippen molar-refractivity contribution in [3.05, 3.63) is 29.0 Å². The van der Waals surface area contributed by atoms with Crippen LogP contribution in [0.25, 0.3) is 11.0 Å². The van der Waals surface area contributed by atoms with Gasteiger partial charge in [-0.25, -0.2) is 0 Å². The second-order valence-electron chi connectivity index (χ2n) is 4.84. The van der Waals surface area contributed by atoms with E-state index in [1.165, 1.54) is 13.4 Å². The normalized spacial score (nSPS) is 17.2. The third-order valence-electron chi connectivity index (χ3n) is 3.99. The molecule has 1 saturated carbocycles. The number of furan rings is 1. The molecular formula is C14H13ClO4. The number of halogens is 1. The van der Waals surface area contributed by atoms with Crippen LogP contribution in [0.15, 0.2) is 22.8 Å². The lowest BCUT2D eigenvalue weighted by molar-refractivity contribution is -0.147. The van der Waals surface area contributed by atoms with E-state index in [1.807, 2.05) is 0 Å². The van der Waals surface area contributed by atoms with Crippen molar-refractivity contribution in [3.63, 3.8) is 0 Å². The Balaban J connectivity index is 2.29. The predicted octanol–water partition coefficient (Wildman–Crippen LogP) is 3.60. The van der Waals surface area contributed by atoms with Gasteiger partial charge in [0.1, 0.15) is 0 Å². The molecule has 4 nitrogen and oxygen atoms in total. The predicted molar refractivity (Wildman–Crippen MR) is 70.9 cm³/mol. The van der Waals surface area contributed by atoms with E-state index in [0.29, 0.717) is 40.1 Å². The number of carboxylic acids is 1. The Hall–Kier alpha value is -1.68. The first-order valence-electron chi connectivity index (χ1n) is 6.08. The van der Waals surface area contributed by atoms with Crippen molar-refractivity contribution in [1.82, 2.24) is 0 Å². The van der Waals surface area contributed by atoms with Crippen molar-refractivity contribution in [2.45, 2.75) is 24.7 Å². The first-order valence-corrected chi connectivity index (χ1v) is 6.45. The lowest BCUT2D eigenvalue weighted by atomic mass is 9.64. The average molecular weight is 281 g/mol. The van der Waals surface area contributed by atoms with Gasteiger partial charge in [0.2, 0.25) is 0 Å². The maximum absolute atomic E-state index is 11.6. The van der Waals surface area contributed by atoms with Gasteiger partial charge < -0.3 is 14.3 Å². The Labute approximate surface area is 114 Å². The minimum atomic E-state index is -0.879. The van der Waals surface area contributed by atoms with Crippen LogP contribution in [-0.4, -0.2) is 18.2 Å². The molecule has 1 aliphatic rings. The Morgan fingerprint density at radius 3 is 2.79 bits per heavy atom. The molecule has 1 aromatic carbocycles. The molecule has 0 unspecified atom stereocenters. The molecular weight excluding hydrogens is 268 g/mol. The highest BCUT2D eigenvalue weighted by Gasteiger charge is 2.47. The van der Waals surface area contributed by atoms with E-state index in [2.05, 4.69) is 0 Å². The van der Waals surface area contributed by atoms with E-state index in [0.717, 1.165) is 6.42 Å². The van der Waals surface area contributed by atoms with Gasteiger partial charge in [-0.05, 0) is 30.5 Å². The number of carboxylic acid groups (broad SMARTS) is 1. The number of rotatable bonds is 3. The van der Waals surface area contributed by atoms with Crippen LogP contribution < -0.4 is 4.74 Å². The second kappa shape index (κ2) is 4.17. The van der Waals surface area contributed by atoms with Crippen LogP contribution in [-0.2, 0) is 10.2 Å². The fourth-order valence-corrected chi connectivity index (χ4v) is 3.09. The van der Waals surface area contributed by atoms with Crippen molar-refractivity contribution in [3.8, 4) is 5.75 Å². The van der Waals surface area contributed by atoms with Crippen LogP contribution in [0.5, 0.6) is 5.75 Å². The molecule has 1 fully saturated rings. The second-order valence-corrected chi connectivity index (χ2v) is 5.22. The molecule has 0 radical (unpaired) electrons. The highest BCUT2D eigenvalue weighted by atomic mass is 35.5. The molecule has 1 N–H and O–H groups in total. The van der Waals surface area contributed by atoms with E-state index < -0.39 is 11.4 Å². The minimum Gasteiger partial charge on any atom is -0.493 e. The van der Waals surface area contributed by atoms with Crippen molar-refractivity contribution in [2.24, 2.45) is 0 Å². The summed E-state index contributed by atoms with van der Waals surface area (Å²) in [7, 11) is 1.53. The molecule has 0 aliphatic heterocycles. The lowest BCUT2D eigenvalue weighted by Crippen LogP contribution is -2.42. The highest BCUT2D eigenvalue weighted by molar-refractivity contribution is 6.36. The maximum Gasteiger partial charge on any atom is 0.314 e. The van der Waals surface area contributed by atoms with E-state index in [-0.39, 0.29) is 0 Å². The van der Waals surface area contributed by atoms with Crippen LogP contribution in [0.1, 0.15) is 24.8 Å². The summed E-state index contributed by atoms with van der Waals surface area (Å²) in [5, 5.41) is 10.7. The number of aliphatic carboxylic acids is 1. The van der Waals surface area contributed by atoms with Gasteiger partial charge in [0.05, 0.1) is 23.8 Å². The molecule has 100 valence electrons. The van der Waals surface area contributed by atoms with Gasteiger partial charge in [0.15, 0.2) is 11.3 Å². The minimum absolute atomic E-state index is 0.451. The number of methoxy groups -OCH3 is 1. The molecule has 0 spiro atoms. The summed E-state index contributed by atoms with van der Waals surface area (Å²) >= 11 is 6.37. The van der Waals surface area contributed by atoms with Gasteiger partial charge in [-0.2, -0.15) is 0 Å². The van der Waals surface area contributed by atoms with Gasteiger partial charge >= 0.3 is 5.97 Å². The van der Waals surface area contributed by atoms with Gasteiger partial charge in [0.25, 0.3) is 0 Å². The monoisotopic (exact) mass is 280 g/mol. The average Bonchev–Trinajstić information content (AvgIpc) is 2.79. The number of ether oxygens (including phenoxy) is 1. The Bertz CT molecular complexity index is 655. The first-order chi connectivity index (χ1) is 9.10. The number of hydrogen-bond donors (Lipinski definition) is 1. The largest absolute Gasteiger partial charge is 0.493 e. The molecule has 1 heterocycles. The maximum atomic E-state index is 11.6. The Morgan fingerprint density at radius 1 is 1.53 bits per heavy atom. The SMILES string of the molecule is COc1cc(C2(C(=O)O)CCC2)c(Cl)c2ccoc12. The number of carbonyl (C=O) groups is 1. The van der Waals surface area contributed by atoms with Gasteiger partial charge in [-0.1, -0.05) is 18.0 Å². The Morgan fingerprint density at radius 2 is 2.26 bits per heavy atom. The molecule has 1 aliphatic carbocycles. The molecule has 19 heavy (non-hydrogen) atoms. The summed E-state index contributed by atoms with van der Waals surface area (Å²) in [4.78, 5) is 11.6. The van der Waals surface area contributed by atoms with Crippen LogP contribution >= 0.6 is 11.6 Å². The lowest BCUT2D eigenvalue weighted by Gasteiger charge is -2.38. The van der Waals surface area contributed by atoms with E-state index >= 15 is 0 Å². The zero-order valence-corrected chi connectivity index (χ0v) is 11.2. The third-order valence-corrected chi connectivity index (χ3v) is 4.40. The quantitative estimate of drug-likeness (QED) is 0.933. The molecule has 5 heteroatoms. The summed E-state index contributed by atoms with van der Waals surface area (Å²) < 4.78 is 10.6. The molecule has 0 amide bonds. The standard InChI is InChI=1S/C14H13ClO4/c1-18-10-7-9(14(13(16)17)4-2-5-14)11(15)8-3-6-19-12(8)10/h3,6-7H,2,4-5H2,1H3,(H,16,17). The molecule has 1 aromatic heterocycles.